The van der Waals surface area contributed by atoms with Crippen molar-refractivity contribution in [2.75, 3.05) is 4.90 Å². The minimum absolute atomic E-state index is 0.354. The molecule has 4 aliphatic rings. The Morgan fingerprint density at radius 1 is 0.391 bits per heavy atom. The van der Waals surface area contributed by atoms with Gasteiger partial charge in [-0.05, 0) is 160 Å². The molecule has 0 aliphatic heterocycles. The minimum Gasteiger partial charge on any atom is -0.310 e. The van der Waals surface area contributed by atoms with Crippen LogP contribution in [0.25, 0.3) is 71.6 Å². The van der Waals surface area contributed by atoms with Crippen molar-refractivity contribution >= 4 is 49.6 Å². The van der Waals surface area contributed by atoms with Crippen LogP contribution in [0.5, 0.6) is 0 Å². The summed E-state index contributed by atoms with van der Waals surface area (Å²) in [7, 11) is 0. The highest BCUT2D eigenvalue weighted by Gasteiger charge is 2.51. The molecule has 0 radical (unpaired) electrons. The third-order valence-corrected chi connectivity index (χ3v) is 15.3. The van der Waals surface area contributed by atoms with E-state index >= 15 is 0 Å². The minimum atomic E-state index is 0.354. The molecule has 0 unspecified atom stereocenters. The van der Waals surface area contributed by atoms with Crippen LogP contribution in [0.3, 0.4) is 0 Å². The Labute approximate surface area is 376 Å². The van der Waals surface area contributed by atoms with E-state index in [2.05, 4.69) is 222 Å². The largest absolute Gasteiger partial charge is 0.310 e. The van der Waals surface area contributed by atoms with Gasteiger partial charge in [-0.2, -0.15) is 0 Å². The molecular weight excluding hydrogens is 773 g/mol. The highest BCUT2D eigenvalue weighted by atomic mass is 15.1. The summed E-state index contributed by atoms with van der Waals surface area (Å²) in [6.07, 6.45) is 8.50. The van der Waals surface area contributed by atoms with Crippen LogP contribution in [0.4, 0.5) is 17.1 Å². The van der Waals surface area contributed by atoms with Gasteiger partial charge in [0.25, 0.3) is 0 Å². The maximum atomic E-state index is 2.49. The number of benzene rings is 9. The Kier molecular flexibility index (Phi) is 8.76. The topological polar surface area (TPSA) is 8.17 Å². The third-order valence-electron chi connectivity index (χ3n) is 15.3. The molecule has 4 saturated carbocycles. The van der Waals surface area contributed by atoms with E-state index < -0.39 is 0 Å². The number of para-hydroxylation sites is 3. The first-order chi connectivity index (χ1) is 31.7. The first-order valence-electron chi connectivity index (χ1n) is 23.4. The van der Waals surface area contributed by atoms with Gasteiger partial charge in [-0.25, -0.2) is 0 Å². The fraction of sp³-hybridized carbons (Fsp3) is 0.161. The van der Waals surface area contributed by atoms with Crippen molar-refractivity contribution in [3.8, 4) is 39.1 Å². The molecule has 0 spiro atoms. The van der Waals surface area contributed by atoms with Crippen molar-refractivity contribution in [1.29, 1.82) is 0 Å². The predicted molar refractivity (Wildman–Crippen MR) is 269 cm³/mol. The molecular formula is C62H50N2. The lowest BCUT2D eigenvalue weighted by Gasteiger charge is -2.57. The van der Waals surface area contributed by atoms with Crippen LogP contribution in [0.1, 0.15) is 44.1 Å². The van der Waals surface area contributed by atoms with Crippen LogP contribution in [0.2, 0.25) is 0 Å². The SMILES string of the molecule is c1ccc(-c2cccc3cccc(-c4ccc(N(c5ccc(C67CC8CC(CC(C8)C6)C7)cc5)c5cccc(-c6ccccc6-n6c7ccccc7c7ccccc76)c5)cc4)c23)cc1. The number of hydrogen-bond donors (Lipinski definition) is 0. The van der Waals surface area contributed by atoms with Crippen molar-refractivity contribution in [1.82, 2.24) is 4.57 Å². The van der Waals surface area contributed by atoms with Gasteiger partial charge in [0.05, 0.1) is 16.7 Å². The van der Waals surface area contributed by atoms with E-state index in [0.29, 0.717) is 5.41 Å². The van der Waals surface area contributed by atoms with Crippen LogP contribution in [0.15, 0.2) is 212 Å². The van der Waals surface area contributed by atoms with Gasteiger partial charge < -0.3 is 9.47 Å². The second-order valence-electron chi connectivity index (χ2n) is 19.1. The predicted octanol–water partition coefficient (Wildman–Crippen LogP) is 16.9. The lowest BCUT2D eigenvalue weighted by atomic mass is 9.48. The molecule has 0 atom stereocenters. The molecule has 14 rings (SSSR count). The smallest absolute Gasteiger partial charge is 0.0541 e. The number of fused-ring (bicyclic) bond motifs is 4. The lowest BCUT2D eigenvalue weighted by Crippen LogP contribution is -2.48. The number of hydrogen-bond acceptors (Lipinski definition) is 1. The molecule has 308 valence electrons. The molecule has 9 aromatic carbocycles. The first-order valence-corrected chi connectivity index (χ1v) is 23.4. The summed E-state index contributed by atoms with van der Waals surface area (Å²) in [4.78, 5) is 2.47. The number of rotatable bonds is 8. The van der Waals surface area contributed by atoms with Gasteiger partial charge in [0.2, 0.25) is 0 Å². The summed E-state index contributed by atoms with van der Waals surface area (Å²) in [5.74, 6) is 2.75. The van der Waals surface area contributed by atoms with Gasteiger partial charge in [-0.15, -0.1) is 0 Å². The van der Waals surface area contributed by atoms with Crippen LogP contribution >= 0.6 is 0 Å². The van der Waals surface area contributed by atoms with Crippen LogP contribution < -0.4 is 4.90 Å². The van der Waals surface area contributed by atoms with Gasteiger partial charge in [0.1, 0.15) is 0 Å². The van der Waals surface area contributed by atoms with Crippen molar-refractivity contribution in [2.45, 2.75) is 43.9 Å². The van der Waals surface area contributed by atoms with Crippen LogP contribution in [-0.4, -0.2) is 4.57 Å². The van der Waals surface area contributed by atoms with E-state index in [9.17, 15) is 0 Å². The van der Waals surface area contributed by atoms with E-state index in [1.165, 1.54) is 116 Å². The lowest BCUT2D eigenvalue weighted by molar-refractivity contribution is -0.00518. The van der Waals surface area contributed by atoms with Crippen molar-refractivity contribution in [2.24, 2.45) is 17.8 Å². The van der Waals surface area contributed by atoms with E-state index in [0.717, 1.165) is 29.1 Å². The van der Waals surface area contributed by atoms with Crippen molar-refractivity contribution in [3.05, 3.63) is 218 Å². The molecule has 2 nitrogen and oxygen atoms in total. The van der Waals surface area contributed by atoms with Gasteiger partial charge in [-0.1, -0.05) is 158 Å². The van der Waals surface area contributed by atoms with Crippen LogP contribution in [-0.2, 0) is 5.41 Å². The maximum absolute atomic E-state index is 2.49. The van der Waals surface area contributed by atoms with Gasteiger partial charge >= 0.3 is 0 Å². The Balaban J connectivity index is 0.936. The Hall–Kier alpha value is -7.16. The Bertz CT molecular complexity index is 3260. The fourth-order valence-electron chi connectivity index (χ4n) is 13.0. The highest BCUT2D eigenvalue weighted by Crippen LogP contribution is 2.61. The quantitative estimate of drug-likeness (QED) is 0.148. The summed E-state index contributed by atoms with van der Waals surface area (Å²) in [6.45, 7) is 0. The molecule has 4 bridgehead atoms. The summed E-state index contributed by atoms with van der Waals surface area (Å²) in [5, 5.41) is 5.08. The average molecular weight is 823 g/mol. The monoisotopic (exact) mass is 822 g/mol. The molecule has 4 fully saturated rings. The second-order valence-corrected chi connectivity index (χ2v) is 19.1. The molecule has 1 heterocycles. The van der Waals surface area contributed by atoms with Gasteiger partial charge in [0.15, 0.2) is 0 Å². The van der Waals surface area contributed by atoms with Crippen molar-refractivity contribution in [3.63, 3.8) is 0 Å². The number of aromatic nitrogens is 1. The Morgan fingerprint density at radius 2 is 0.891 bits per heavy atom. The molecule has 64 heavy (non-hydrogen) atoms. The van der Waals surface area contributed by atoms with E-state index in [1.807, 2.05) is 0 Å². The normalized spacial score (nSPS) is 20.0. The zero-order valence-electron chi connectivity index (χ0n) is 36.1. The number of anilines is 3. The van der Waals surface area contributed by atoms with E-state index in [1.54, 1.807) is 5.56 Å². The highest BCUT2D eigenvalue weighted by molar-refractivity contribution is 6.10. The summed E-state index contributed by atoms with van der Waals surface area (Å²) in [6, 6.07) is 79.0. The maximum Gasteiger partial charge on any atom is 0.0541 e. The summed E-state index contributed by atoms with van der Waals surface area (Å²) in [5.41, 5.74) is 16.3. The zero-order chi connectivity index (χ0) is 42.2. The first kappa shape index (κ1) is 37.4. The number of nitrogens with zero attached hydrogens (tertiary/aromatic N) is 2. The van der Waals surface area contributed by atoms with E-state index in [-0.39, 0.29) is 0 Å². The van der Waals surface area contributed by atoms with Gasteiger partial charge in [0, 0.05) is 33.4 Å². The molecule has 1 aromatic heterocycles. The molecule has 2 heteroatoms. The molecule has 0 N–H and O–H groups in total. The zero-order valence-corrected chi connectivity index (χ0v) is 36.1. The molecule has 0 saturated heterocycles. The Morgan fingerprint density at radius 3 is 1.53 bits per heavy atom. The molecule has 10 aromatic rings. The average Bonchev–Trinajstić information content (AvgIpc) is 3.68. The molecule has 4 aliphatic carbocycles. The second kappa shape index (κ2) is 15.0. The third kappa shape index (κ3) is 6.14. The molecule has 0 amide bonds. The fourth-order valence-corrected chi connectivity index (χ4v) is 13.0. The van der Waals surface area contributed by atoms with Crippen molar-refractivity contribution < 1.29 is 0 Å². The van der Waals surface area contributed by atoms with Gasteiger partial charge in [-0.3, -0.25) is 0 Å². The van der Waals surface area contributed by atoms with Crippen LogP contribution in [0, 0.1) is 17.8 Å². The van der Waals surface area contributed by atoms with E-state index in [4.69, 9.17) is 0 Å². The summed E-state index contributed by atoms with van der Waals surface area (Å²) >= 11 is 0. The standard InChI is InChI=1S/C62H50N2/c1-2-13-45(14-3-1)54-22-11-15-47-16-12-23-55(61(47)54)46-27-31-50(32-28-46)63(51-33-29-49(30-34-51)62-39-42-35-43(40-62)37-44(36-42)41-62)52-18-10-17-48(38-52)53-19-4-7-24-58(53)64-59-25-8-5-20-56(59)57-21-6-9-26-60(57)64/h1-34,38,42-44H,35-37,39-41H2. The summed E-state index contributed by atoms with van der Waals surface area (Å²) < 4.78 is 2.45.